The molecular formula is C30H44. The van der Waals surface area contributed by atoms with E-state index in [9.17, 15) is 0 Å². The molecule has 0 spiro atoms. The maximum absolute atomic E-state index is 3.28. The quantitative estimate of drug-likeness (QED) is 0.380. The first-order chi connectivity index (χ1) is 14.8. The van der Waals surface area contributed by atoms with Crippen molar-refractivity contribution >= 4 is 0 Å². The predicted molar refractivity (Wildman–Crippen MR) is 131 cm³/mol. The van der Waals surface area contributed by atoms with Crippen molar-refractivity contribution < 1.29 is 0 Å². The molecule has 3 rings (SSSR count). The van der Waals surface area contributed by atoms with Gasteiger partial charge in [-0.15, -0.1) is 0 Å². The Morgan fingerprint density at radius 3 is 1.90 bits per heavy atom. The second-order valence-electron chi connectivity index (χ2n) is 10.1. The number of hydrogen-bond acceptors (Lipinski definition) is 0. The van der Waals surface area contributed by atoms with Crippen LogP contribution in [0.4, 0.5) is 0 Å². The highest BCUT2D eigenvalue weighted by Crippen LogP contribution is 2.37. The van der Waals surface area contributed by atoms with Crippen LogP contribution in [-0.2, 0) is 6.42 Å². The van der Waals surface area contributed by atoms with E-state index in [1.54, 1.807) is 0 Å². The summed E-state index contributed by atoms with van der Waals surface area (Å²) in [5.74, 6) is 10.4. The molecule has 0 heteroatoms. The molecular weight excluding hydrogens is 360 g/mol. The van der Waals surface area contributed by atoms with E-state index in [4.69, 9.17) is 0 Å². The monoisotopic (exact) mass is 404 g/mol. The van der Waals surface area contributed by atoms with Gasteiger partial charge in [0.15, 0.2) is 0 Å². The standard InChI is InChI=1S/C30H44/c1-3-5-8-26-15-19-29(20-16-26)23-24-30-21-17-28(18-22-30)10-7-6-9-27-13-11-25(4-2)12-14-27/h7,10-14,26,28-30H,3-5,8,15-24H2,1-2H3/t26-,28-,29-,30-. The van der Waals surface area contributed by atoms with E-state index in [-0.39, 0.29) is 0 Å². The van der Waals surface area contributed by atoms with Crippen LogP contribution in [0.15, 0.2) is 36.4 Å². The smallest absolute Gasteiger partial charge is 0.0249 e. The fourth-order valence-electron chi connectivity index (χ4n) is 5.58. The summed E-state index contributed by atoms with van der Waals surface area (Å²) in [7, 11) is 0. The van der Waals surface area contributed by atoms with Crippen LogP contribution in [0.5, 0.6) is 0 Å². The van der Waals surface area contributed by atoms with Gasteiger partial charge in [0.2, 0.25) is 0 Å². The van der Waals surface area contributed by atoms with E-state index in [2.05, 4.69) is 62.1 Å². The average Bonchev–Trinajstić information content (AvgIpc) is 2.81. The van der Waals surface area contributed by atoms with Gasteiger partial charge >= 0.3 is 0 Å². The molecule has 0 heterocycles. The molecule has 30 heavy (non-hydrogen) atoms. The number of hydrogen-bond donors (Lipinski definition) is 0. The van der Waals surface area contributed by atoms with Gasteiger partial charge in [-0.1, -0.05) is 102 Å². The Labute approximate surface area is 186 Å². The Morgan fingerprint density at radius 2 is 1.33 bits per heavy atom. The summed E-state index contributed by atoms with van der Waals surface area (Å²) in [5, 5.41) is 0. The molecule has 0 atom stereocenters. The Balaban J connectivity index is 1.29. The summed E-state index contributed by atoms with van der Waals surface area (Å²) >= 11 is 0. The molecule has 164 valence electrons. The SMILES string of the molecule is CCCC[C@H]1CC[C@H](CC[C@H]2CC[C@H](C=CC#Cc3ccc(CC)cc3)CC2)CC1. The van der Waals surface area contributed by atoms with E-state index in [0.29, 0.717) is 0 Å². The summed E-state index contributed by atoms with van der Waals surface area (Å²) in [4.78, 5) is 0. The lowest BCUT2D eigenvalue weighted by Gasteiger charge is -2.31. The predicted octanol–water partition coefficient (Wildman–Crippen LogP) is 8.74. The molecule has 0 aliphatic heterocycles. The molecule has 0 amide bonds. The highest BCUT2D eigenvalue weighted by Gasteiger charge is 2.23. The first kappa shape index (κ1) is 23.2. The zero-order valence-electron chi connectivity index (χ0n) is 19.7. The zero-order valence-corrected chi connectivity index (χ0v) is 19.7. The third kappa shape index (κ3) is 7.98. The van der Waals surface area contributed by atoms with E-state index < -0.39 is 0 Å². The van der Waals surface area contributed by atoms with Crippen LogP contribution in [0.25, 0.3) is 0 Å². The highest BCUT2D eigenvalue weighted by molar-refractivity contribution is 5.38. The minimum atomic E-state index is 0.757. The molecule has 0 aromatic heterocycles. The van der Waals surface area contributed by atoms with Crippen LogP contribution in [0.1, 0.15) is 108 Å². The topological polar surface area (TPSA) is 0 Å². The fraction of sp³-hybridized carbons (Fsp3) is 0.667. The minimum absolute atomic E-state index is 0.757. The van der Waals surface area contributed by atoms with Crippen molar-refractivity contribution in [2.75, 3.05) is 0 Å². The lowest BCUT2D eigenvalue weighted by Crippen LogP contribution is -2.17. The molecule has 0 radical (unpaired) electrons. The van der Waals surface area contributed by atoms with E-state index >= 15 is 0 Å². The Hall–Kier alpha value is -1.48. The van der Waals surface area contributed by atoms with Crippen LogP contribution in [0.3, 0.4) is 0 Å². The number of unbranched alkanes of at least 4 members (excludes halogenated alkanes) is 1. The number of rotatable bonds is 8. The van der Waals surface area contributed by atoms with Crippen molar-refractivity contribution in [3.05, 3.63) is 47.5 Å². The summed E-state index contributed by atoms with van der Waals surface area (Å²) in [6, 6.07) is 8.66. The molecule has 2 aliphatic rings. The van der Waals surface area contributed by atoms with Crippen molar-refractivity contribution in [1.82, 2.24) is 0 Å². The molecule has 0 nitrogen and oxygen atoms in total. The van der Waals surface area contributed by atoms with Crippen LogP contribution < -0.4 is 0 Å². The first-order valence-electron chi connectivity index (χ1n) is 13.0. The molecule has 2 saturated carbocycles. The first-order valence-corrected chi connectivity index (χ1v) is 13.0. The molecule has 0 N–H and O–H groups in total. The van der Waals surface area contributed by atoms with Gasteiger partial charge in [-0.2, -0.15) is 0 Å². The molecule has 2 fully saturated rings. The second kappa shape index (κ2) is 13.0. The maximum Gasteiger partial charge on any atom is 0.0249 e. The minimum Gasteiger partial charge on any atom is -0.0730 e. The molecule has 1 aromatic carbocycles. The summed E-state index contributed by atoms with van der Waals surface area (Å²) in [5.41, 5.74) is 2.51. The van der Waals surface area contributed by atoms with Gasteiger partial charge in [-0.25, -0.2) is 0 Å². The van der Waals surface area contributed by atoms with Crippen molar-refractivity contribution in [1.29, 1.82) is 0 Å². The maximum atomic E-state index is 3.28. The third-order valence-corrected chi connectivity index (χ3v) is 7.84. The third-order valence-electron chi connectivity index (χ3n) is 7.84. The lowest BCUT2D eigenvalue weighted by atomic mass is 9.75. The molecule has 0 saturated heterocycles. The lowest BCUT2D eigenvalue weighted by molar-refractivity contribution is 0.220. The van der Waals surface area contributed by atoms with Crippen molar-refractivity contribution in [2.45, 2.75) is 104 Å². The van der Waals surface area contributed by atoms with Gasteiger partial charge in [0.25, 0.3) is 0 Å². The normalized spacial score (nSPS) is 27.0. The van der Waals surface area contributed by atoms with Gasteiger partial charge in [-0.3, -0.25) is 0 Å². The summed E-state index contributed by atoms with van der Waals surface area (Å²) in [6.45, 7) is 4.52. The van der Waals surface area contributed by atoms with E-state index in [0.717, 1.165) is 35.7 Å². The average molecular weight is 405 g/mol. The van der Waals surface area contributed by atoms with Crippen molar-refractivity contribution in [3.8, 4) is 11.8 Å². The molecule has 2 aliphatic carbocycles. The van der Waals surface area contributed by atoms with Gasteiger partial charge in [0.05, 0.1) is 0 Å². The van der Waals surface area contributed by atoms with E-state index in [1.165, 1.54) is 89.0 Å². The van der Waals surface area contributed by atoms with Crippen LogP contribution in [-0.4, -0.2) is 0 Å². The number of allylic oxidation sites excluding steroid dienone is 2. The van der Waals surface area contributed by atoms with E-state index in [1.807, 2.05) is 0 Å². The zero-order chi connectivity index (χ0) is 21.0. The summed E-state index contributed by atoms with van der Waals surface area (Å²) in [6.07, 6.45) is 24.6. The van der Waals surface area contributed by atoms with Crippen molar-refractivity contribution in [2.24, 2.45) is 23.7 Å². The van der Waals surface area contributed by atoms with Gasteiger partial charge in [0.1, 0.15) is 0 Å². The summed E-state index contributed by atoms with van der Waals surface area (Å²) < 4.78 is 0. The Morgan fingerprint density at radius 1 is 0.767 bits per heavy atom. The Kier molecular flexibility index (Phi) is 10.1. The Bertz CT molecular complexity index is 667. The largest absolute Gasteiger partial charge is 0.0730 e. The molecule has 0 unspecified atom stereocenters. The van der Waals surface area contributed by atoms with Crippen LogP contribution in [0, 0.1) is 35.5 Å². The van der Waals surface area contributed by atoms with Gasteiger partial charge < -0.3 is 0 Å². The van der Waals surface area contributed by atoms with Gasteiger partial charge in [0, 0.05) is 5.56 Å². The van der Waals surface area contributed by atoms with Crippen molar-refractivity contribution in [3.63, 3.8) is 0 Å². The number of benzene rings is 1. The second-order valence-corrected chi connectivity index (χ2v) is 10.1. The van der Waals surface area contributed by atoms with Crippen LogP contribution >= 0.6 is 0 Å². The molecule has 1 aromatic rings. The molecule has 0 bridgehead atoms. The highest BCUT2D eigenvalue weighted by atomic mass is 14.3. The van der Waals surface area contributed by atoms with Gasteiger partial charge in [-0.05, 0) is 79.5 Å². The fourth-order valence-corrected chi connectivity index (χ4v) is 5.58. The van der Waals surface area contributed by atoms with Crippen LogP contribution in [0.2, 0.25) is 0 Å². The number of aryl methyl sites for hydroxylation is 1.